The van der Waals surface area contributed by atoms with Gasteiger partial charge in [-0.3, -0.25) is 0 Å². The Morgan fingerprint density at radius 2 is 1.45 bits per heavy atom. The van der Waals surface area contributed by atoms with Crippen LogP contribution in [0, 0.1) is 0 Å². The number of nitrogens with one attached hydrogen (secondary N) is 2. The van der Waals surface area contributed by atoms with E-state index in [4.69, 9.17) is 4.74 Å². The number of carbonyl (C=O) groups excluding carboxylic acids is 2. The van der Waals surface area contributed by atoms with Crippen LogP contribution in [0.4, 0.5) is 9.59 Å². The molecule has 6 heteroatoms. The van der Waals surface area contributed by atoms with Gasteiger partial charge in [-0.05, 0) is 0 Å². The minimum atomic E-state index is -0.535. The third kappa shape index (κ3) is 4.98. The zero-order valence-corrected chi connectivity index (χ0v) is 18.9. The second kappa shape index (κ2) is 9.82. The molecule has 0 saturated carbocycles. The monoisotopic (exact) mass is 480 g/mol. The van der Waals surface area contributed by atoms with Gasteiger partial charge in [0.05, 0.1) is 0 Å². The summed E-state index contributed by atoms with van der Waals surface area (Å²) in [5.74, 6) is 1.84. The van der Waals surface area contributed by atoms with Crippen molar-refractivity contribution in [1.82, 2.24) is 10.6 Å². The van der Waals surface area contributed by atoms with Gasteiger partial charge in [0.15, 0.2) is 0 Å². The third-order valence-corrected chi connectivity index (χ3v) is 6.42. The molecule has 1 aliphatic carbocycles. The Bertz CT molecular complexity index is 1030. The summed E-state index contributed by atoms with van der Waals surface area (Å²) in [5, 5.41) is 5.70. The Labute approximate surface area is 188 Å². The predicted octanol–water partition coefficient (Wildman–Crippen LogP) is 4.56. The summed E-state index contributed by atoms with van der Waals surface area (Å²) in [6, 6.07) is 26.2. The number of carbonyl (C=O) groups is 2. The van der Waals surface area contributed by atoms with Gasteiger partial charge in [0.2, 0.25) is 0 Å². The Morgan fingerprint density at radius 3 is 2.06 bits per heavy atom. The molecule has 3 aromatic carbocycles. The van der Waals surface area contributed by atoms with Gasteiger partial charge >= 0.3 is 188 Å². The standard InChI is InChI=1S/C25H24N2O3Se/c1-31-25(29)27-23(15-17-9-3-2-4-10-17)26-24(28)30-16-22-20-13-7-5-11-18(20)19-12-6-8-14-21(19)22/h2-14,22-23H,15-16H2,1H3,(H,26,28)(H,27,29)/t23-/m1/s1. The molecule has 4 rings (SSSR count). The molecule has 0 unspecified atom stereocenters. The van der Waals surface area contributed by atoms with Gasteiger partial charge in [0, 0.05) is 0 Å². The molecule has 158 valence electrons. The topological polar surface area (TPSA) is 67.4 Å². The van der Waals surface area contributed by atoms with Crippen molar-refractivity contribution < 1.29 is 14.3 Å². The average molecular weight is 479 g/mol. The van der Waals surface area contributed by atoms with Crippen LogP contribution in [-0.4, -0.2) is 38.6 Å². The Hall–Kier alpha value is -3.08. The van der Waals surface area contributed by atoms with Crippen molar-refractivity contribution in [3.05, 3.63) is 95.6 Å². The van der Waals surface area contributed by atoms with Crippen molar-refractivity contribution in [2.45, 2.75) is 24.3 Å². The van der Waals surface area contributed by atoms with Crippen LogP contribution in [0.2, 0.25) is 5.82 Å². The maximum atomic E-state index is 12.6. The van der Waals surface area contributed by atoms with Gasteiger partial charge in [0.25, 0.3) is 0 Å². The SMILES string of the molecule is C[Se]C(=O)N[C@H](Cc1ccccc1)NC(=O)OCC1c2ccccc2-c2ccccc21. The first kappa shape index (κ1) is 21.2. The van der Waals surface area contributed by atoms with Crippen molar-refractivity contribution in [3.8, 4) is 11.1 Å². The number of hydrogen-bond donors (Lipinski definition) is 2. The van der Waals surface area contributed by atoms with E-state index >= 15 is 0 Å². The first-order chi connectivity index (χ1) is 15.2. The Balaban J connectivity index is 1.43. The number of hydrogen-bond acceptors (Lipinski definition) is 3. The van der Waals surface area contributed by atoms with E-state index in [-0.39, 0.29) is 32.3 Å². The summed E-state index contributed by atoms with van der Waals surface area (Å²) in [7, 11) is 0. The number of rotatable bonds is 7. The predicted molar refractivity (Wildman–Crippen MR) is 122 cm³/mol. The van der Waals surface area contributed by atoms with Crippen LogP contribution in [-0.2, 0) is 11.2 Å². The van der Waals surface area contributed by atoms with E-state index in [2.05, 4.69) is 34.9 Å². The molecule has 0 aliphatic heterocycles. The van der Waals surface area contributed by atoms with Gasteiger partial charge in [-0.25, -0.2) is 0 Å². The zero-order valence-electron chi connectivity index (χ0n) is 17.2. The molecule has 2 N–H and O–H groups in total. The zero-order chi connectivity index (χ0) is 21.6. The molecule has 5 nitrogen and oxygen atoms in total. The van der Waals surface area contributed by atoms with Crippen LogP contribution in [0.15, 0.2) is 78.9 Å². The van der Waals surface area contributed by atoms with Crippen LogP contribution in [0.3, 0.4) is 0 Å². The van der Waals surface area contributed by atoms with E-state index in [1.807, 2.05) is 60.4 Å². The van der Waals surface area contributed by atoms with Gasteiger partial charge in [0.1, 0.15) is 0 Å². The number of fused-ring (bicyclic) bond motifs is 3. The Kier molecular flexibility index (Phi) is 6.70. The minimum absolute atomic E-state index is 0.000658. The van der Waals surface area contributed by atoms with Crippen LogP contribution < -0.4 is 10.6 Å². The van der Waals surface area contributed by atoms with Crippen molar-refractivity contribution in [2.75, 3.05) is 6.61 Å². The number of ether oxygens (including phenoxy) is 1. The fourth-order valence-corrected chi connectivity index (χ4v) is 4.52. The van der Waals surface area contributed by atoms with Crippen molar-refractivity contribution in [2.24, 2.45) is 0 Å². The number of benzene rings is 3. The molecule has 0 bridgehead atoms. The van der Waals surface area contributed by atoms with Crippen molar-refractivity contribution in [3.63, 3.8) is 0 Å². The summed E-state index contributed by atoms with van der Waals surface area (Å²) in [4.78, 5) is 24.5. The second-order valence-corrected chi connectivity index (χ2v) is 8.98. The first-order valence-electron chi connectivity index (χ1n) is 10.2. The van der Waals surface area contributed by atoms with Gasteiger partial charge in [-0.1, -0.05) is 0 Å². The molecule has 0 radical (unpaired) electrons. The molecule has 2 amide bonds. The normalized spacial score (nSPS) is 13.1. The molecule has 0 aromatic heterocycles. The summed E-state index contributed by atoms with van der Waals surface area (Å²) < 4.78 is 5.63. The second-order valence-electron chi connectivity index (χ2n) is 7.35. The van der Waals surface area contributed by atoms with Crippen LogP contribution in [0.25, 0.3) is 11.1 Å². The fraction of sp³-hybridized carbons (Fsp3) is 0.200. The quantitative estimate of drug-likeness (QED) is 0.386. The van der Waals surface area contributed by atoms with Crippen LogP contribution >= 0.6 is 0 Å². The molecule has 0 saturated heterocycles. The van der Waals surface area contributed by atoms with Gasteiger partial charge in [-0.2, -0.15) is 0 Å². The maximum absolute atomic E-state index is 12.6. The molecular weight excluding hydrogens is 455 g/mol. The summed E-state index contributed by atoms with van der Waals surface area (Å²) >= 11 is -0.197. The average Bonchev–Trinajstić information content (AvgIpc) is 3.12. The van der Waals surface area contributed by atoms with Gasteiger partial charge in [-0.15, -0.1) is 0 Å². The van der Waals surface area contributed by atoms with Crippen molar-refractivity contribution >= 4 is 25.9 Å². The van der Waals surface area contributed by atoms with Crippen LogP contribution in [0.5, 0.6) is 0 Å². The summed E-state index contributed by atoms with van der Waals surface area (Å²) in [6.07, 6.45) is -0.564. The number of amides is 2. The van der Waals surface area contributed by atoms with E-state index < -0.39 is 12.3 Å². The molecule has 3 aromatic rings. The van der Waals surface area contributed by atoms with Crippen LogP contribution in [0.1, 0.15) is 22.6 Å². The molecule has 1 aliphatic rings. The molecule has 31 heavy (non-hydrogen) atoms. The Morgan fingerprint density at radius 1 is 0.871 bits per heavy atom. The molecular formula is C25H24N2O3Se. The molecule has 0 spiro atoms. The summed E-state index contributed by atoms with van der Waals surface area (Å²) in [5.41, 5.74) is 5.73. The van der Waals surface area contributed by atoms with E-state index in [1.165, 1.54) is 22.3 Å². The fourth-order valence-electron chi connectivity index (χ4n) is 3.97. The number of alkyl carbamates (subject to hydrolysis) is 1. The third-order valence-electron chi connectivity index (χ3n) is 5.40. The van der Waals surface area contributed by atoms with Crippen molar-refractivity contribution in [1.29, 1.82) is 0 Å². The van der Waals surface area contributed by atoms with E-state index in [0.29, 0.717) is 6.42 Å². The van der Waals surface area contributed by atoms with E-state index in [9.17, 15) is 9.59 Å². The van der Waals surface area contributed by atoms with Gasteiger partial charge < -0.3 is 0 Å². The van der Waals surface area contributed by atoms with E-state index in [1.54, 1.807) is 0 Å². The molecule has 0 fully saturated rings. The molecule has 0 heterocycles. The van der Waals surface area contributed by atoms with E-state index in [0.717, 1.165) is 5.56 Å². The summed E-state index contributed by atoms with van der Waals surface area (Å²) in [6.45, 7) is 0.240. The first-order valence-corrected chi connectivity index (χ1v) is 12.7. The molecule has 1 atom stereocenters.